The van der Waals surface area contributed by atoms with E-state index in [2.05, 4.69) is 27.8 Å². The van der Waals surface area contributed by atoms with E-state index in [1.807, 2.05) is 29.7 Å². The van der Waals surface area contributed by atoms with Crippen molar-refractivity contribution >= 4 is 29.4 Å². The van der Waals surface area contributed by atoms with Gasteiger partial charge in [-0.25, -0.2) is 14.6 Å². The highest BCUT2D eigenvalue weighted by Crippen LogP contribution is 2.20. The number of hydrogen-bond donors (Lipinski definition) is 0. The molecular formula is C25H30N2O4S. The lowest BCUT2D eigenvalue weighted by molar-refractivity contribution is -0.136. The molecule has 2 aromatic heterocycles. The van der Waals surface area contributed by atoms with Crippen LogP contribution in [0.1, 0.15) is 36.2 Å². The van der Waals surface area contributed by atoms with Crippen LogP contribution >= 0.6 is 11.3 Å². The summed E-state index contributed by atoms with van der Waals surface area (Å²) in [6.45, 7) is 6.54. The smallest absolute Gasteiger partial charge is 0.334 e. The molecule has 0 bridgehead atoms. The summed E-state index contributed by atoms with van der Waals surface area (Å²) in [5.74, 6) is 0.153. The molecule has 170 valence electrons. The lowest BCUT2D eigenvalue weighted by Gasteiger charge is -2.12. The van der Waals surface area contributed by atoms with Gasteiger partial charge < -0.3 is 14.0 Å². The molecule has 0 aliphatic carbocycles. The van der Waals surface area contributed by atoms with E-state index >= 15 is 0 Å². The van der Waals surface area contributed by atoms with Gasteiger partial charge in [0.15, 0.2) is 0 Å². The molecule has 0 aliphatic heterocycles. The minimum Gasteiger partial charge on any atom is -0.466 e. The van der Waals surface area contributed by atoms with Gasteiger partial charge in [-0.15, -0.1) is 11.3 Å². The van der Waals surface area contributed by atoms with Crippen LogP contribution in [0.5, 0.6) is 0 Å². The number of imidazole rings is 1. The molecule has 0 amide bonds. The second-order valence-corrected chi connectivity index (χ2v) is 8.07. The van der Waals surface area contributed by atoms with E-state index in [4.69, 9.17) is 4.74 Å². The Hall–Kier alpha value is -3.19. The van der Waals surface area contributed by atoms with Gasteiger partial charge in [0, 0.05) is 35.9 Å². The fourth-order valence-corrected chi connectivity index (χ4v) is 3.77. The molecule has 0 atom stereocenters. The largest absolute Gasteiger partial charge is 0.466 e. The summed E-state index contributed by atoms with van der Waals surface area (Å²) in [6.07, 6.45) is 13.6. The van der Waals surface area contributed by atoms with Crippen LogP contribution in [-0.2, 0) is 38.4 Å². The second-order valence-electron chi connectivity index (χ2n) is 7.03. The Morgan fingerprint density at radius 1 is 1.28 bits per heavy atom. The number of ether oxygens (including phenoxy) is 2. The molecule has 0 aromatic carbocycles. The normalized spacial score (nSPS) is 12.2. The Bertz CT molecular complexity index is 997. The van der Waals surface area contributed by atoms with Crippen molar-refractivity contribution in [1.82, 2.24) is 9.55 Å². The number of aromatic nitrogens is 2. The van der Waals surface area contributed by atoms with Crippen molar-refractivity contribution in [2.75, 3.05) is 14.2 Å². The summed E-state index contributed by atoms with van der Waals surface area (Å²) in [4.78, 5) is 29.5. The topological polar surface area (TPSA) is 70.4 Å². The molecule has 0 fully saturated rings. The van der Waals surface area contributed by atoms with Gasteiger partial charge in [-0.1, -0.05) is 44.2 Å². The van der Waals surface area contributed by atoms with Crippen LogP contribution in [0.15, 0.2) is 65.7 Å². The molecule has 2 heterocycles. The van der Waals surface area contributed by atoms with Crippen molar-refractivity contribution in [3.8, 4) is 0 Å². The average Bonchev–Trinajstić information content (AvgIpc) is 3.45. The van der Waals surface area contributed by atoms with E-state index in [-0.39, 0.29) is 5.97 Å². The summed E-state index contributed by atoms with van der Waals surface area (Å²) in [5.41, 5.74) is 2.28. The van der Waals surface area contributed by atoms with Crippen LogP contribution in [0.3, 0.4) is 0 Å². The molecule has 0 saturated carbocycles. The number of carbonyl (C=O) groups excluding carboxylic acids is 2. The Morgan fingerprint density at radius 3 is 2.72 bits per heavy atom. The Balaban J connectivity index is 2.42. The molecule has 0 radical (unpaired) electrons. The molecule has 0 aliphatic rings. The van der Waals surface area contributed by atoms with Gasteiger partial charge in [0.05, 0.1) is 26.1 Å². The van der Waals surface area contributed by atoms with Crippen molar-refractivity contribution in [2.24, 2.45) is 0 Å². The third-order valence-corrected chi connectivity index (χ3v) is 5.66. The number of rotatable bonds is 12. The summed E-state index contributed by atoms with van der Waals surface area (Å²) < 4.78 is 11.7. The van der Waals surface area contributed by atoms with Crippen LogP contribution in [-0.4, -0.2) is 35.7 Å². The Morgan fingerprint density at radius 2 is 2.09 bits per heavy atom. The number of unbranched alkanes of at least 4 members (excludes halogenated alkanes) is 1. The highest BCUT2D eigenvalue weighted by atomic mass is 32.1. The zero-order valence-electron chi connectivity index (χ0n) is 18.9. The average molecular weight is 455 g/mol. The van der Waals surface area contributed by atoms with Gasteiger partial charge >= 0.3 is 11.9 Å². The monoisotopic (exact) mass is 454 g/mol. The highest BCUT2D eigenvalue weighted by Gasteiger charge is 2.15. The summed E-state index contributed by atoms with van der Waals surface area (Å²) in [5, 5.41) is 1.99. The van der Waals surface area contributed by atoms with Crippen LogP contribution in [0, 0.1) is 0 Å². The molecular weight excluding hydrogens is 424 g/mol. The Kier molecular flexibility index (Phi) is 10.4. The standard InChI is InChI=1S/C25H30N2O4S/c1-5-7-12-23-26-17-21(15-20(25(29)31-4)16-22-11-9-14-32-22)27(23)18-19(6-2)10-8-13-24(28)30-3/h6,8-11,13-15,17H,2,5,7,12,16,18H2,1,3-4H3/b13-8+,19-10+,20-15+. The van der Waals surface area contributed by atoms with Crippen molar-refractivity contribution in [1.29, 1.82) is 0 Å². The number of aryl methyl sites for hydroxylation is 1. The number of thiophene rings is 1. The number of allylic oxidation sites excluding steroid dienone is 4. The first-order valence-corrected chi connectivity index (χ1v) is 11.3. The zero-order chi connectivity index (χ0) is 23.3. The van der Waals surface area contributed by atoms with Gasteiger partial charge in [-0.3, -0.25) is 0 Å². The predicted molar refractivity (Wildman–Crippen MR) is 128 cm³/mol. The maximum atomic E-state index is 12.4. The molecule has 0 unspecified atom stereocenters. The molecule has 6 nitrogen and oxygen atoms in total. The minimum absolute atomic E-state index is 0.359. The van der Waals surface area contributed by atoms with Crippen molar-refractivity contribution in [3.05, 3.63) is 82.1 Å². The minimum atomic E-state index is -0.421. The number of esters is 2. The summed E-state index contributed by atoms with van der Waals surface area (Å²) in [7, 11) is 2.73. The lowest BCUT2D eigenvalue weighted by atomic mass is 10.1. The van der Waals surface area contributed by atoms with Gasteiger partial charge in [0.25, 0.3) is 0 Å². The highest BCUT2D eigenvalue weighted by molar-refractivity contribution is 7.09. The molecule has 2 rings (SSSR count). The van der Waals surface area contributed by atoms with Crippen molar-refractivity contribution < 1.29 is 19.1 Å². The van der Waals surface area contributed by atoms with E-state index in [0.29, 0.717) is 18.5 Å². The van der Waals surface area contributed by atoms with Gasteiger partial charge in [0.2, 0.25) is 0 Å². The van der Waals surface area contributed by atoms with Crippen LogP contribution in [0.25, 0.3) is 6.08 Å². The lowest BCUT2D eigenvalue weighted by Crippen LogP contribution is -2.10. The van der Waals surface area contributed by atoms with Crippen molar-refractivity contribution in [3.63, 3.8) is 0 Å². The van der Waals surface area contributed by atoms with Crippen molar-refractivity contribution in [2.45, 2.75) is 39.2 Å². The molecule has 0 spiro atoms. The first kappa shape index (κ1) is 25.1. The van der Waals surface area contributed by atoms with Gasteiger partial charge in [-0.05, 0) is 29.5 Å². The van der Waals surface area contributed by atoms with Crippen LogP contribution < -0.4 is 0 Å². The molecule has 7 heteroatoms. The zero-order valence-corrected chi connectivity index (χ0v) is 19.7. The third kappa shape index (κ3) is 7.50. The maximum absolute atomic E-state index is 12.4. The quantitative estimate of drug-likeness (QED) is 0.258. The number of carbonyl (C=O) groups is 2. The first-order valence-electron chi connectivity index (χ1n) is 10.5. The fourth-order valence-electron chi connectivity index (χ4n) is 3.04. The van der Waals surface area contributed by atoms with E-state index in [0.717, 1.165) is 41.2 Å². The maximum Gasteiger partial charge on any atom is 0.334 e. The summed E-state index contributed by atoms with van der Waals surface area (Å²) >= 11 is 1.60. The number of nitrogens with zero attached hydrogens (tertiary/aromatic N) is 2. The molecule has 0 saturated heterocycles. The fraction of sp³-hybridized carbons (Fsp3) is 0.320. The molecule has 32 heavy (non-hydrogen) atoms. The third-order valence-electron chi connectivity index (χ3n) is 4.78. The van der Waals surface area contributed by atoms with E-state index in [9.17, 15) is 9.59 Å². The predicted octanol–water partition coefficient (Wildman–Crippen LogP) is 4.93. The first-order chi connectivity index (χ1) is 15.5. The van der Waals surface area contributed by atoms with E-state index < -0.39 is 5.97 Å². The summed E-state index contributed by atoms with van der Waals surface area (Å²) in [6, 6.07) is 3.96. The van der Waals surface area contributed by atoms with E-state index in [1.54, 1.807) is 29.7 Å². The van der Waals surface area contributed by atoms with Crippen LogP contribution in [0.2, 0.25) is 0 Å². The molecule has 0 N–H and O–H groups in total. The number of methoxy groups -OCH3 is 2. The Labute approximate surface area is 193 Å². The molecule has 2 aromatic rings. The SMILES string of the molecule is C=C/C(=C\C=C\C(=O)OC)Cn1c(/C=C(\Cc2cccs2)C(=O)OC)cnc1CCCC. The van der Waals surface area contributed by atoms with Gasteiger partial charge in [0.1, 0.15) is 5.82 Å². The van der Waals surface area contributed by atoms with E-state index in [1.165, 1.54) is 20.3 Å². The second kappa shape index (κ2) is 13.3. The van der Waals surface area contributed by atoms with Gasteiger partial charge in [-0.2, -0.15) is 0 Å². The number of hydrogen-bond acceptors (Lipinski definition) is 6. The van der Waals surface area contributed by atoms with Crippen LogP contribution in [0.4, 0.5) is 0 Å².